The molecule has 2 unspecified atom stereocenters. The van der Waals surface area contributed by atoms with Gasteiger partial charge in [-0.25, -0.2) is 0 Å². The minimum atomic E-state index is -0.350. The number of nitro benzene ring substituents is 1. The molecule has 168 valence electrons. The summed E-state index contributed by atoms with van der Waals surface area (Å²) in [5.41, 5.74) is 1.49. The third-order valence-electron chi connectivity index (χ3n) is 8.28. The van der Waals surface area contributed by atoms with Crippen molar-refractivity contribution in [3.05, 3.63) is 33.9 Å². The van der Waals surface area contributed by atoms with Crippen molar-refractivity contribution in [1.29, 1.82) is 0 Å². The molecule has 5 fully saturated rings. The molecule has 5 aliphatic rings. The first-order valence-corrected chi connectivity index (χ1v) is 11.6. The maximum absolute atomic E-state index is 13.3. The molecule has 4 bridgehead atoms. The van der Waals surface area contributed by atoms with E-state index >= 15 is 0 Å². The molecule has 7 nitrogen and oxygen atoms in total. The molecule has 1 aromatic rings. The summed E-state index contributed by atoms with van der Waals surface area (Å²) in [6.45, 7) is 8.02. The lowest BCUT2D eigenvalue weighted by molar-refractivity contribution is -0.384. The van der Waals surface area contributed by atoms with Crippen LogP contribution in [0.3, 0.4) is 0 Å². The highest BCUT2D eigenvalue weighted by atomic mass is 16.6. The molecule has 0 aromatic heterocycles. The van der Waals surface area contributed by atoms with E-state index in [9.17, 15) is 14.9 Å². The van der Waals surface area contributed by atoms with E-state index in [4.69, 9.17) is 0 Å². The number of amides is 1. The molecule has 1 N–H and O–H groups in total. The van der Waals surface area contributed by atoms with Gasteiger partial charge in [0.2, 0.25) is 0 Å². The van der Waals surface area contributed by atoms with Gasteiger partial charge in [-0.2, -0.15) is 0 Å². The molecule has 4 saturated carbocycles. The second-order valence-electron chi connectivity index (χ2n) is 11.6. The van der Waals surface area contributed by atoms with Crippen LogP contribution in [0.1, 0.15) is 62.7 Å². The number of nitro groups is 1. The van der Waals surface area contributed by atoms with Crippen molar-refractivity contribution in [3.63, 3.8) is 0 Å². The fraction of sp³-hybridized carbons (Fsp3) is 0.708. The van der Waals surface area contributed by atoms with Crippen molar-refractivity contribution >= 4 is 17.3 Å². The standard InChI is InChI=1S/C24H34N4O3/c1-22-11-17-12-23(2,14-22)16-24(13-17,15-22)25-21(29)18-4-5-19(20(10-18)28(30)31)27-8-6-26(3)7-9-27/h4-5,10,17H,6-9,11-16H2,1-3H3,(H,25,29). The van der Waals surface area contributed by atoms with Crippen molar-refractivity contribution in [3.8, 4) is 0 Å². The van der Waals surface area contributed by atoms with Crippen LogP contribution < -0.4 is 10.2 Å². The van der Waals surface area contributed by atoms with Crippen LogP contribution in [-0.2, 0) is 0 Å². The molecular weight excluding hydrogens is 392 g/mol. The topological polar surface area (TPSA) is 78.7 Å². The minimum absolute atomic E-state index is 0.0293. The van der Waals surface area contributed by atoms with E-state index in [2.05, 4.69) is 36.0 Å². The molecule has 2 atom stereocenters. The highest BCUT2D eigenvalue weighted by Crippen LogP contribution is 2.66. The van der Waals surface area contributed by atoms with Gasteiger partial charge in [0.1, 0.15) is 5.69 Å². The Morgan fingerprint density at radius 2 is 1.71 bits per heavy atom. The van der Waals surface area contributed by atoms with E-state index in [1.54, 1.807) is 12.1 Å². The zero-order chi connectivity index (χ0) is 22.0. The third kappa shape index (κ3) is 3.71. The Kier molecular flexibility index (Phi) is 4.63. The van der Waals surface area contributed by atoms with Crippen LogP contribution in [0.2, 0.25) is 0 Å². The number of carbonyl (C=O) groups is 1. The summed E-state index contributed by atoms with van der Waals surface area (Å²) in [7, 11) is 2.06. The van der Waals surface area contributed by atoms with Crippen LogP contribution >= 0.6 is 0 Å². The highest BCUT2D eigenvalue weighted by Gasteiger charge is 2.60. The average Bonchev–Trinajstić information content (AvgIpc) is 2.65. The lowest BCUT2D eigenvalue weighted by atomic mass is 9.43. The van der Waals surface area contributed by atoms with Crippen LogP contribution in [0.5, 0.6) is 0 Å². The molecule has 0 radical (unpaired) electrons. The van der Waals surface area contributed by atoms with Crippen LogP contribution in [0.4, 0.5) is 11.4 Å². The van der Waals surface area contributed by atoms with Gasteiger partial charge in [0.05, 0.1) is 4.92 Å². The van der Waals surface area contributed by atoms with Crippen molar-refractivity contribution in [2.75, 3.05) is 38.1 Å². The maximum atomic E-state index is 13.3. The SMILES string of the molecule is CN1CCN(c2ccc(C(=O)NC34CC5CC(C)(CC(C)(C5)C3)C4)cc2[N+](=O)[O-])CC1. The van der Waals surface area contributed by atoms with Crippen LogP contribution in [0.25, 0.3) is 0 Å². The Bertz CT molecular complexity index is 905. The number of piperazine rings is 1. The summed E-state index contributed by atoms with van der Waals surface area (Å²) in [5.74, 6) is 0.516. The smallest absolute Gasteiger partial charge is 0.293 e. The average molecular weight is 427 g/mol. The summed E-state index contributed by atoms with van der Waals surface area (Å²) in [6.07, 6.45) is 6.89. The van der Waals surface area contributed by atoms with E-state index in [1.165, 1.54) is 25.3 Å². The summed E-state index contributed by atoms with van der Waals surface area (Å²) < 4.78 is 0. The number of carbonyl (C=O) groups excluding carboxylic acids is 1. The summed E-state index contributed by atoms with van der Waals surface area (Å²) in [5, 5.41) is 15.2. The number of nitrogens with one attached hydrogen (secondary N) is 1. The molecule has 4 aliphatic carbocycles. The second-order valence-corrected chi connectivity index (χ2v) is 11.6. The van der Waals surface area contributed by atoms with Crippen molar-refractivity contribution in [1.82, 2.24) is 10.2 Å². The van der Waals surface area contributed by atoms with Gasteiger partial charge in [-0.1, -0.05) is 13.8 Å². The number of hydrogen-bond donors (Lipinski definition) is 1. The number of anilines is 1. The third-order valence-corrected chi connectivity index (χ3v) is 8.28. The van der Waals surface area contributed by atoms with E-state index in [0.29, 0.717) is 28.0 Å². The molecule has 7 heteroatoms. The number of benzene rings is 1. The zero-order valence-electron chi connectivity index (χ0n) is 18.9. The van der Waals surface area contributed by atoms with E-state index in [-0.39, 0.29) is 22.1 Å². The first kappa shape index (κ1) is 20.7. The quantitative estimate of drug-likeness (QED) is 0.585. The number of rotatable bonds is 4. The molecule has 31 heavy (non-hydrogen) atoms. The first-order valence-electron chi connectivity index (χ1n) is 11.6. The summed E-state index contributed by atoms with van der Waals surface area (Å²) >= 11 is 0. The fourth-order valence-electron chi connectivity index (χ4n) is 8.03. The largest absolute Gasteiger partial charge is 0.363 e. The van der Waals surface area contributed by atoms with Gasteiger partial charge in [0.25, 0.3) is 11.6 Å². The lowest BCUT2D eigenvalue weighted by Crippen LogP contribution is -2.65. The summed E-state index contributed by atoms with van der Waals surface area (Å²) in [6, 6.07) is 5.01. The number of likely N-dealkylation sites (N-methyl/N-ethyl adjacent to an activating group) is 1. The van der Waals surface area contributed by atoms with Crippen molar-refractivity contribution in [2.24, 2.45) is 16.7 Å². The Labute approximate surface area is 184 Å². The Morgan fingerprint density at radius 3 is 2.29 bits per heavy atom. The fourth-order valence-corrected chi connectivity index (χ4v) is 8.03. The predicted molar refractivity (Wildman–Crippen MR) is 120 cm³/mol. The van der Waals surface area contributed by atoms with Gasteiger partial charge in [0, 0.05) is 43.3 Å². The molecule has 1 heterocycles. The van der Waals surface area contributed by atoms with Gasteiger partial charge in [0.15, 0.2) is 0 Å². The van der Waals surface area contributed by atoms with Crippen LogP contribution in [0.15, 0.2) is 18.2 Å². The normalized spacial score (nSPS) is 37.1. The lowest BCUT2D eigenvalue weighted by Gasteiger charge is -2.65. The second kappa shape index (κ2) is 6.92. The number of hydrogen-bond acceptors (Lipinski definition) is 5. The molecule has 1 amide bonds. The molecule has 6 rings (SSSR count). The zero-order valence-corrected chi connectivity index (χ0v) is 18.9. The van der Waals surface area contributed by atoms with Crippen molar-refractivity contribution in [2.45, 2.75) is 57.9 Å². The Morgan fingerprint density at radius 1 is 1.06 bits per heavy atom. The molecule has 0 spiro atoms. The molecule has 1 saturated heterocycles. The molecular formula is C24H34N4O3. The molecule has 1 aliphatic heterocycles. The van der Waals surface area contributed by atoms with E-state index in [1.807, 2.05) is 0 Å². The monoisotopic (exact) mass is 426 g/mol. The van der Waals surface area contributed by atoms with Crippen LogP contribution in [0, 0.1) is 26.9 Å². The highest BCUT2D eigenvalue weighted by molar-refractivity contribution is 5.96. The molecule has 1 aromatic carbocycles. The van der Waals surface area contributed by atoms with E-state index in [0.717, 1.165) is 45.4 Å². The summed E-state index contributed by atoms with van der Waals surface area (Å²) in [4.78, 5) is 29.0. The first-order chi connectivity index (χ1) is 14.6. The van der Waals surface area contributed by atoms with Gasteiger partial charge < -0.3 is 15.1 Å². The Hall–Kier alpha value is -2.15. The van der Waals surface area contributed by atoms with Gasteiger partial charge in [-0.05, 0) is 74.5 Å². The Balaban J connectivity index is 1.39. The van der Waals surface area contributed by atoms with Gasteiger partial charge in [-0.15, -0.1) is 0 Å². The van der Waals surface area contributed by atoms with E-state index < -0.39 is 0 Å². The van der Waals surface area contributed by atoms with Crippen molar-refractivity contribution < 1.29 is 9.72 Å². The van der Waals surface area contributed by atoms with Gasteiger partial charge >= 0.3 is 0 Å². The minimum Gasteiger partial charge on any atom is -0.363 e. The number of nitrogens with zero attached hydrogens (tertiary/aromatic N) is 3. The van der Waals surface area contributed by atoms with Crippen LogP contribution in [-0.4, -0.2) is 54.5 Å². The van der Waals surface area contributed by atoms with Gasteiger partial charge in [-0.3, -0.25) is 14.9 Å². The maximum Gasteiger partial charge on any atom is 0.293 e. The predicted octanol–water partition coefficient (Wildman–Crippen LogP) is 3.83.